The highest BCUT2D eigenvalue weighted by molar-refractivity contribution is 5.39. The fraction of sp³-hybridized carbons (Fsp3) is 0.308. The molecular formula is C13H16N4O. The third-order valence-corrected chi connectivity index (χ3v) is 2.36. The maximum absolute atomic E-state index is 11.9. The summed E-state index contributed by atoms with van der Waals surface area (Å²) in [5.41, 5.74) is 1.43. The molecule has 0 aliphatic heterocycles. The van der Waals surface area contributed by atoms with Gasteiger partial charge in [0.25, 0.3) is 5.56 Å². The van der Waals surface area contributed by atoms with E-state index in [9.17, 15) is 4.79 Å². The molecule has 5 heteroatoms. The Morgan fingerprint density at radius 2 is 2.22 bits per heavy atom. The normalized spacial score (nSPS) is 10.6. The fourth-order valence-electron chi connectivity index (χ4n) is 1.61. The molecular weight excluding hydrogens is 228 g/mol. The van der Waals surface area contributed by atoms with Gasteiger partial charge < -0.3 is 5.32 Å². The maximum Gasteiger partial charge on any atom is 0.269 e. The van der Waals surface area contributed by atoms with Crippen molar-refractivity contribution in [2.45, 2.75) is 26.4 Å². The average molecular weight is 244 g/mol. The lowest BCUT2D eigenvalue weighted by atomic mass is 10.3. The Morgan fingerprint density at radius 3 is 2.83 bits per heavy atom. The van der Waals surface area contributed by atoms with Gasteiger partial charge in [-0.15, -0.1) is 0 Å². The molecule has 0 aliphatic rings. The third-order valence-electron chi connectivity index (χ3n) is 2.36. The van der Waals surface area contributed by atoms with Crippen LogP contribution in [0.3, 0.4) is 0 Å². The van der Waals surface area contributed by atoms with Crippen molar-refractivity contribution in [3.8, 4) is 0 Å². The van der Waals surface area contributed by atoms with E-state index in [1.54, 1.807) is 18.5 Å². The first kappa shape index (κ1) is 12.3. The number of rotatable bonds is 4. The van der Waals surface area contributed by atoms with Gasteiger partial charge in [-0.1, -0.05) is 6.07 Å². The quantitative estimate of drug-likeness (QED) is 0.885. The van der Waals surface area contributed by atoms with Crippen molar-refractivity contribution in [2.24, 2.45) is 0 Å². The minimum absolute atomic E-state index is 0.133. The molecule has 5 nitrogen and oxygen atoms in total. The van der Waals surface area contributed by atoms with Gasteiger partial charge >= 0.3 is 0 Å². The van der Waals surface area contributed by atoms with E-state index in [4.69, 9.17) is 0 Å². The van der Waals surface area contributed by atoms with E-state index in [1.807, 2.05) is 32.0 Å². The topological polar surface area (TPSA) is 59.8 Å². The number of nitrogens with one attached hydrogen (secondary N) is 1. The van der Waals surface area contributed by atoms with Crippen LogP contribution in [-0.2, 0) is 6.54 Å². The van der Waals surface area contributed by atoms with E-state index in [2.05, 4.69) is 15.4 Å². The molecule has 1 N–H and O–H groups in total. The summed E-state index contributed by atoms with van der Waals surface area (Å²) in [4.78, 5) is 16.0. The first-order chi connectivity index (χ1) is 8.65. The van der Waals surface area contributed by atoms with Crippen LogP contribution in [0, 0.1) is 0 Å². The Morgan fingerprint density at radius 1 is 1.39 bits per heavy atom. The van der Waals surface area contributed by atoms with Gasteiger partial charge in [0, 0.05) is 18.3 Å². The van der Waals surface area contributed by atoms with Gasteiger partial charge in [0.2, 0.25) is 0 Å². The lowest BCUT2D eigenvalue weighted by molar-refractivity contribution is 0.628. The third kappa shape index (κ3) is 3.16. The van der Waals surface area contributed by atoms with Crippen molar-refractivity contribution in [3.05, 3.63) is 52.7 Å². The molecule has 2 aromatic rings. The van der Waals surface area contributed by atoms with Crippen LogP contribution in [-0.4, -0.2) is 20.8 Å². The van der Waals surface area contributed by atoms with Crippen molar-refractivity contribution in [1.29, 1.82) is 0 Å². The molecule has 0 saturated carbocycles. The molecule has 0 spiro atoms. The minimum atomic E-state index is -0.133. The zero-order chi connectivity index (χ0) is 13.0. The SMILES string of the molecule is CC(C)Nc1cnn(Cc2ccccn2)c(=O)c1. The Balaban J connectivity index is 2.18. The highest BCUT2D eigenvalue weighted by Crippen LogP contribution is 2.02. The van der Waals surface area contributed by atoms with Crippen molar-refractivity contribution in [1.82, 2.24) is 14.8 Å². The van der Waals surface area contributed by atoms with Crippen molar-refractivity contribution >= 4 is 5.69 Å². The predicted octanol–water partition coefficient (Wildman–Crippen LogP) is 1.51. The standard InChI is InChI=1S/C13H16N4O/c1-10(2)16-12-7-13(18)17(15-8-12)9-11-5-3-4-6-14-11/h3-8,10,16H,9H2,1-2H3. The zero-order valence-corrected chi connectivity index (χ0v) is 10.5. The molecule has 0 fully saturated rings. The molecule has 2 rings (SSSR count). The molecule has 0 amide bonds. The molecule has 0 bridgehead atoms. The van der Waals surface area contributed by atoms with E-state index in [-0.39, 0.29) is 11.6 Å². The van der Waals surface area contributed by atoms with Gasteiger partial charge in [-0.05, 0) is 26.0 Å². The first-order valence-corrected chi connectivity index (χ1v) is 5.89. The van der Waals surface area contributed by atoms with Gasteiger partial charge in [-0.2, -0.15) is 5.10 Å². The maximum atomic E-state index is 11.9. The summed E-state index contributed by atoms with van der Waals surface area (Å²) in [6, 6.07) is 7.43. The molecule has 0 saturated heterocycles. The lowest BCUT2D eigenvalue weighted by Gasteiger charge is -2.10. The Hall–Kier alpha value is -2.17. The molecule has 18 heavy (non-hydrogen) atoms. The average Bonchev–Trinajstić information content (AvgIpc) is 2.33. The number of anilines is 1. The van der Waals surface area contributed by atoms with E-state index in [0.717, 1.165) is 11.4 Å². The van der Waals surface area contributed by atoms with Gasteiger partial charge in [0.05, 0.1) is 24.1 Å². The minimum Gasteiger partial charge on any atom is -0.381 e. The highest BCUT2D eigenvalue weighted by atomic mass is 16.1. The molecule has 2 aromatic heterocycles. The Kier molecular flexibility index (Phi) is 3.72. The van der Waals surface area contributed by atoms with Crippen LogP contribution < -0.4 is 10.9 Å². The van der Waals surface area contributed by atoms with Crippen molar-refractivity contribution < 1.29 is 0 Å². The van der Waals surface area contributed by atoms with Gasteiger partial charge in [0.1, 0.15) is 0 Å². The van der Waals surface area contributed by atoms with E-state index in [1.165, 1.54) is 4.68 Å². The molecule has 0 aliphatic carbocycles. The molecule has 0 radical (unpaired) electrons. The molecule has 0 aromatic carbocycles. The second-order valence-electron chi connectivity index (χ2n) is 4.36. The summed E-state index contributed by atoms with van der Waals surface area (Å²) in [6.45, 7) is 4.42. The van der Waals surface area contributed by atoms with Crippen molar-refractivity contribution in [3.63, 3.8) is 0 Å². The summed E-state index contributed by atoms with van der Waals surface area (Å²) in [6.07, 6.45) is 3.36. The molecule has 0 unspecified atom stereocenters. The smallest absolute Gasteiger partial charge is 0.269 e. The van der Waals surface area contributed by atoms with E-state index in [0.29, 0.717) is 6.54 Å². The number of nitrogens with zero attached hydrogens (tertiary/aromatic N) is 3. The number of aromatic nitrogens is 3. The summed E-state index contributed by atoms with van der Waals surface area (Å²) in [5.74, 6) is 0. The molecule has 0 atom stereocenters. The number of hydrogen-bond donors (Lipinski definition) is 1. The Labute approximate surface area is 105 Å². The van der Waals surface area contributed by atoms with Crippen LogP contribution in [0.25, 0.3) is 0 Å². The van der Waals surface area contributed by atoms with Crippen LogP contribution in [0.15, 0.2) is 41.5 Å². The first-order valence-electron chi connectivity index (χ1n) is 5.89. The van der Waals surface area contributed by atoms with Crippen LogP contribution in [0.4, 0.5) is 5.69 Å². The lowest BCUT2D eigenvalue weighted by Crippen LogP contribution is -2.24. The highest BCUT2D eigenvalue weighted by Gasteiger charge is 2.02. The molecule has 2 heterocycles. The largest absolute Gasteiger partial charge is 0.381 e. The van der Waals surface area contributed by atoms with Gasteiger partial charge in [-0.25, -0.2) is 4.68 Å². The van der Waals surface area contributed by atoms with Crippen LogP contribution in [0.2, 0.25) is 0 Å². The van der Waals surface area contributed by atoms with Crippen LogP contribution in [0.1, 0.15) is 19.5 Å². The second kappa shape index (κ2) is 5.44. The zero-order valence-electron chi connectivity index (χ0n) is 10.5. The fourth-order valence-corrected chi connectivity index (χ4v) is 1.61. The van der Waals surface area contributed by atoms with Crippen LogP contribution in [0.5, 0.6) is 0 Å². The number of hydrogen-bond acceptors (Lipinski definition) is 4. The van der Waals surface area contributed by atoms with Crippen LogP contribution >= 0.6 is 0 Å². The molecule has 94 valence electrons. The second-order valence-corrected chi connectivity index (χ2v) is 4.36. The summed E-state index contributed by atoms with van der Waals surface area (Å²) < 4.78 is 1.40. The van der Waals surface area contributed by atoms with Crippen molar-refractivity contribution in [2.75, 3.05) is 5.32 Å². The summed E-state index contributed by atoms with van der Waals surface area (Å²) in [5, 5.41) is 7.27. The van der Waals surface area contributed by atoms with E-state index >= 15 is 0 Å². The predicted molar refractivity (Wildman–Crippen MR) is 70.6 cm³/mol. The summed E-state index contributed by atoms with van der Waals surface area (Å²) in [7, 11) is 0. The van der Waals surface area contributed by atoms with Gasteiger partial charge in [0.15, 0.2) is 0 Å². The number of pyridine rings is 1. The monoisotopic (exact) mass is 244 g/mol. The van der Waals surface area contributed by atoms with E-state index < -0.39 is 0 Å². The Bertz CT molecular complexity index is 563. The van der Waals surface area contributed by atoms with Gasteiger partial charge in [-0.3, -0.25) is 9.78 Å². The summed E-state index contributed by atoms with van der Waals surface area (Å²) >= 11 is 0.